The first-order valence-electron chi connectivity index (χ1n) is 10.0. The fourth-order valence-electron chi connectivity index (χ4n) is 3.58. The second-order valence-electron chi connectivity index (χ2n) is 7.24. The molecule has 0 aliphatic carbocycles. The van der Waals surface area contributed by atoms with E-state index in [1.54, 1.807) is 13.2 Å². The van der Waals surface area contributed by atoms with E-state index in [1.165, 1.54) is 12.1 Å². The van der Waals surface area contributed by atoms with Gasteiger partial charge in [0.2, 0.25) is 0 Å². The van der Waals surface area contributed by atoms with Crippen LogP contribution in [0.25, 0.3) is 11.0 Å². The fourth-order valence-corrected chi connectivity index (χ4v) is 3.58. The molecule has 0 bridgehead atoms. The predicted molar refractivity (Wildman–Crippen MR) is 126 cm³/mol. The molecule has 2 aromatic rings. The summed E-state index contributed by atoms with van der Waals surface area (Å²) >= 11 is 0. The van der Waals surface area contributed by atoms with E-state index in [0.29, 0.717) is 18.2 Å². The molecule has 8 heteroatoms. The first-order chi connectivity index (χ1) is 13.6. The fraction of sp³-hybridized carbons (Fsp3) is 0.571. The molecule has 1 fully saturated rings. The van der Waals surface area contributed by atoms with E-state index in [1.807, 2.05) is 6.92 Å². The van der Waals surface area contributed by atoms with Gasteiger partial charge in [0, 0.05) is 50.3 Å². The van der Waals surface area contributed by atoms with Gasteiger partial charge in [-0.2, -0.15) is 0 Å². The van der Waals surface area contributed by atoms with E-state index in [0.717, 1.165) is 68.3 Å². The maximum Gasteiger partial charge on any atom is 0.191 e. The predicted octanol–water partition coefficient (Wildman–Crippen LogP) is 3.66. The third-order valence-corrected chi connectivity index (χ3v) is 5.26. The van der Waals surface area contributed by atoms with Gasteiger partial charge in [0.25, 0.3) is 0 Å². The van der Waals surface area contributed by atoms with Crippen molar-refractivity contribution in [3.05, 3.63) is 35.3 Å². The number of likely N-dealkylation sites (tertiary alicyclic amines) is 1. The van der Waals surface area contributed by atoms with Crippen LogP contribution in [-0.4, -0.2) is 56.8 Å². The number of aryl methyl sites for hydroxylation is 1. The third-order valence-electron chi connectivity index (χ3n) is 5.26. The Balaban J connectivity index is 0.00000300. The zero-order chi connectivity index (χ0) is 19.9. The number of hydrogen-bond acceptors (Lipinski definition) is 4. The number of nitrogens with zero attached hydrogens (tertiary/aromatic N) is 2. The zero-order valence-electron chi connectivity index (χ0n) is 17.5. The highest BCUT2D eigenvalue weighted by Crippen LogP contribution is 2.26. The number of guanidine groups is 1. The molecule has 2 N–H and O–H groups in total. The minimum absolute atomic E-state index is 0. The summed E-state index contributed by atoms with van der Waals surface area (Å²) in [5.74, 6) is 1.31. The number of hydrogen-bond donors (Lipinski definition) is 2. The van der Waals surface area contributed by atoms with Gasteiger partial charge in [0.15, 0.2) is 5.96 Å². The van der Waals surface area contributed by atoms with Crippen LogP contribution in [0.4, 0.5) is 4.39 Å². The summed E-state index contributed by atoms with van der Waals surface area (Å²) in [5.41, 5.74) is 1.64. The van der Waals surface area contributed by atoms with Crippen molar-refractivity contribution < 1.29 is 13.5 Å². The largest absolute Gasteiger partial charge is 0.459 e. The lowest BCUT2D eigenvalue weighted by Gasteiger charge is -2.32. The first kappa shape index (κ1) is 23.9. The molecule has 1 aliphatic rings. The van der Waals surface area contributed by atoms with Crippen LogP contribution in [0, 0.1) is 12.7 Å². The number of aliphatic imine (C=N–C) groups is 1. The molecule has 3 rings (SSSR count). The molecule has 0 atom stereocenters. The molecule has 29 heavy (non-hydrogen) atoms. The van der Waals surface area contributed by atoms with Crippen LogP contribution < -0.4 is 10.6 Å². The van der Waals surface area contributed by atoms with Crippen LogP contribution >= 0.6 is 24.0 Å². The van der Waals surface area contributed by atoms with Crippen LogP contribution in [0.15, 0.2) is 27.6 Å². The number of ether oxygens (including phenoxy) is 1. The van der Waals surface area contributed by atoms with E-state index in [9.17, 15) is 4.39 Å². The number of rotatable bonds is 7. The average Bonchev–Trinajstić information content (AvgIpc) is 3.01. The van der Waals surface area contributed by atoms with Gasteiger partial charge in [-0.15, -0.1) is 24.0 Å². The first-order valence-corrected chi connectivity index (χ1v) is 10.0. The molecule has 2 heterocycles. The summed E-state index contributed by atoms with van der Waals surface area (Å²) in [6.45, 7) is 9.12. The van der Waals surface area contributed by atoms with E-state index >= 15 is 0 Å². The molecule has 0 spiro atoms. The van der Waals surface area contributed by atoms with Crippen molar-refractivity contribution in [2.45, 2.75) is 39.3 Å². The smallest absolute Gasteiger partial charge is 0.191 e. The zero-order valence-corrected chi connectivity index (χ0v) is 19.8. The molecular weight excluding hydrogens is 486 g/mol. The summed E-state index contributed by atoms with van der Waals surface area (Å²) in [6, 6.07) is 5.01. The van der Waals surface area contributed by atoms with Gasteiger partial charge in [-0.3, -0.25) is 0 Å². The number of benzene rings is 1. The molecule has 6 nitrogen and oxygen atoms in total. The van der Waals surface area contributed by atoms with Crippen LogP contribution in [0.1, 0.15) is 31.1 Å². The highest BCUT2D eigenvalue weighted by molar-refractivity contribution is 14.0. The van der Waals surface area contributed by atoms with E-state index in [4.69, 9.17) is 14.1 Å². The maximum atomic E-state index is 13.5. The molecular formula is C21H32FIN4O2. The molecule has 0 saturated carbocycles. The Labute approximate surface area is 189 Å². The Morgan fingerprint density at radius 3 is 2.79 bits per heavy atom. The second kappa shape index (κ2) is 11.7. The van der Waals surface area contributed by atoms with Gasteiger partial charge in [-0.1, -0.05) is 0 Å². The standard InChI is InChI=1S/C21H31FN4O2.HI/c1-4-23-21(25-17-7-9-26(10-8-17)11-12-27-3)24-14-20-15(2)18-13-16(22)5-6-19(18)28-20;/h5-6,13,17H,4,7-12,14H2,1-3H3,(H2,23,24,25);1H. The Morgan fingerprint density at radius 2 is 2.10 bits per heavy atom. The number of halogens is 2. The van der Waals surface area contributed by atoms with Gasteiger partial charge in [-0.05, 0) is 44.9 Å². The van der Waals surface area contributed by atoms with Crippen molar-refractivity contribution in [1.29, 1.82) is 0 Å². The van der Waals surface area contributed by atoms with Gasteiger partial charge < -0.3 is 24.7 Å². The van der Waals surface area contributed by atoms with Crippen molar-refractivity contribution in [3.8, 4) is 0 Å². The molecule has 1 aliphatic heterocycles. The highest BCUT2D eigenvalue weighted by Gasteiger charge is 2.20. The summed E-state index contributed by atoms with van der Waals surface area (Å²) in [5, 5.41) is 7.67. The monoisotopic (exact) mass is 518 g/mol. The van der Waals surface area contributed by atoms with Crippen molar-refractivity contribution in [1.82, 2.24) is 15.5 Å². The molecule has 0 amide bonds. The quantitative estimate of drug-likeness (QED) is 0.333. The van der Waals surface area contributed by atoms with Gasteiger partial charge in [0.1, 0.15) is 23.7 Å². The minimum Gasteiger partial charge on any atom is -0.459 e. The maximum absolute atomic E-state index is 13.5. The molecule has 0 unspecified atom stereocenters. The van der Waals surface area contributed by atoms with Crippen molar-refractivity contribution in [2.75, 3.05) is 39.9 Å². The number of nitrogens with one attached hydrogen (secondary N) is 2. The van der Waals surface area contributed by atoms with E-state index < -0.39 is 0 Å². The number of methoxy groups -OCH3 is 1. The van der Waals surface area contributed by atoms with Crippen LogP contribution in [0.3, 0.4) is 0 Å². The number of furan rings is 1. The van der Waals surface area contributed by atoms with Crippen LogP contribution in [0.5, 0.6) is 0 Å². The van der Waals surface area contributed by atoms with E-state index in [2.05, 4.69) is 22.5 Å². The molecule has 1 aromatic carbocycles. The second-order valence-corrected chi connectivity index (χ2v) is 7.24. The number of piperidine rings is 1. The van der Waals surface area contributed by atoms with E-state index in [-0.39, 0.29) is 29.8 Å². The lowest BCUT2D eigenvalue weighted by molar-refractivity contribution is 0.128. The van der Waals surface area contributed by atoms with Gasteiger partial charge >= 0.3 is 0 Å². The number of fused-ring (bicyclic) bond motifs is 1. The minimum atomic E-state index is -0.252. The molecule has 1 saturated heterocycles. The van der Waals surface area contributed by atoms with Crippen molar-refractivity contribution in [2.24, 2.45) is 4.99 Å². The normalized spacial score (nSPS) is 16.1. The summed E-state index contributed by atoms with van der Waals surface area (Å²) in [6.07, 6.45) is 2.16. The SMILES string of the molecule is CCNC(=NCc1oc2ccc(F)cc2c1C)NC1CCN(CCOC)CC1.I. The van der Waals surface area contributed by atoms with Crippen molar-refractivity contribution in [3.63, 3.8) is 0 Å². The van der Waals surface area contributed by atoms with Crippen molar-refractivity contribution >= 4 is 40.9 Å². The van der Waals surface area contributed by atoms with Crippen LogP contribution in [0.2, 0.25) is 0 Å². The molecule has 0 radical (unpaired) electrons. The summed E-state index contributed by atoms with van der Waals surface area (Å²) < 4.78 is 24.5. The average molecular weight is 518 g/mol. The lowest BCUT2D eigenvalue weighted by Crippen LogP contribution is -2.49. The lowest BCUT2D eigenvalue weighted by atomic mass is 10.1. The van der Waals surface area contributed by atoms with Crippen LogP contribution in [-0.2, 0) is 11.3 Å². The van der Waals surface area contributed by atoms with Gasteiger partial charge in [0.05, 0.1) is 6.61 Å². The molecule has 162 valence electrons. The Hall–Kier alpha value is -1.39. The van der Waals surface area contributed by atoms with Gasteiger partial charge in [-0.25, -0.2) is 9.38 Å². The summed E-state index contributed by atoms with van der Waals surface area (Å²) in [4.78, 5) is 7.13. The topological polar surface area (TPSA) is 62.0 Å². The Morgan fingerprint density at radius 1 is 1.34 bits per heavy atom. The Kier molecular flexibility index (Phi) is 9.64. The highest BCUT2D eigenvalue weighted by atomic mass is 127. The molecule has 1 aromatic heterocycles. The summed E-state index contributed by atoms with van der Waals surface area (Å²) in [7, 11) is 1.74. The third kappa shape index (κ3) is 6.55. The Bertz CT molecular complexity index is 803.